The summed E-state index contributed by atoms with van der Waals surface area (Å²) in [5, 5.41) is 0. The van der Waals surface area contributed by atoms with Crippen LogP contribution in [0.15, 0.2) is 45.3 Å². The number of hydrogen-bond donors (Lipinski definition) is 1. The van der Waals surface area contributed by atoms with Crippen molar-refractivity contribution in [3.63, 3.8) is 0 Å². The van der Waals surface area contributed by atoms with E-state index in [2.05, 4.69) is 31.9 Å². The third kappa shape index (κ3) is 3.22. The van der Waals surface area contributed by atoms with E-state index in [1.54, 1.807) is 30.3 Å². The minimum Gasteiger partial charge on any atom is -0.398 e. The molecular weight excluding hydrogens is 377 g/mol. The highest BCUT2D eigenvalue weighted by Crippen LogP contribution is 2.24. The first kappa shape index (κ1) is 14.2. The SMILES string of the molecule is Nc1ccc(C(=O)Cc2cccc(F)c2Br)cc1Br. The number of nitrogens with two attached hydrogens (primary N) is 1. The number of hydrogen-bond acceptors (Lipinski definition) is 2. The van der Waals surface area contributed by atoms with Gasteiger partial charge in [0.05, 0.1) is 4.47 Å². The van der Waals surface area contributed by atoms with E-state index in [0.29, 0.717) is 25.8 Å². The van der Waals surface area contributed by atoms with Gasteiger partial charge in [-0.3, -0.25) is 4.79 Å². The third-order valence-corrected chi connectivity index (χ3v) is 4.28. The number of rotatable bonds is 3. The smallest absolute Gasteiger partial charge is 0.167 e. The zero-order valence-corrected chi connectivity index (χ0v) is 13.0. The van der Waals surface area contributed by atoms with Gasteiger partial charge in [-0.2, -0.15) is 0 Å². The maximum absolute atomic E-state index is 13.4. The quantitative estimate of drug-likeness (QED) is 0.629. The van der Waals surface area contributed by atoms with Gasteiger partial charge in [0.25, 0.3) is 0 Å². The highest BCUT2D eigenvalue weighted by molar-refractivity contribution is 9.10. The van der Waals surface area contributed by atoms with Crippen molar-refractivity contribution < 1.29 is 9.18 Å². The number of carbonyl (C=O) groups is 1. The van der Waals surface area contributed by atoms with Gasteiger partial charge in [0.1, 0.15) is 5.82 Å². The lowest BCUT2D eigenvalue weighted by molar-refractivity contribution is 0.0992. The zero-order chi connectivity index (χ0) is 14.0. The molecule has 0 amide bonds. The number of halogens is 3. The Kier molecular flexibility index (Phi) is 4.37. The second kappa shape index (κ2) is 5.84. The zero-order valence-electron chi connectivity index (χ0n) is 9.79. The second-order valence-electron chi connectivity index (χ2n) is 4.05. The van der Waals surface area contributed by atoms with Gasteiger partial charge in [-0.05, 0) is 61.7 Å². The van der Waals surface area contributed by atoms with E-state index in [4.69, 9.17) is 5.73 Å². The molecule has 0 saturated carbocycles. The molecule has 2 rings (SSSR count). The van der Waals surface area contributed by atoms with Crippen molar-refractivity contribution in [2.75, 3.05) is 5.73 Å². The molecule has 2 aromatic rings. The topological polar surface area (TPSA) is 43.1 Å². The standard InChI is InChI=1S/C14H10Br2FNO/c15-10-6-8(4-5-12(10)18)13(19)7-9-2-1-3-11(17)14(9)16/h1-6H,7,18H2. The van der Waals surface area contributed by atoms with Crippen LogP contribution in [-0.4, -0.2) is 5.78 Å². The van der Waals surface area contributed by atoms with E-state index in [1.165, 1.54) is 6.07 Å². The summed E-state index contributed by atoms with van der Waals surface area (Å²) in [6.07, 6.45) is 0.134. The van der Waals surface area contributed by atoms with E-state index in [9.17, 15) is 9.18 Å². The molecule has 5 heteroatoms. The number of nitrogen functional groups attached to an aromatic ring is 1. The molecule has 0 spiro atoms. The van der Waals surface area contributed by atoms with Gasteiger partial charge in [0, 0.05) is 22.1 Å². The second-order valence-corrected chi connectivity index (χ2v) is 5.70. The Morgan fingerprint density at radius 3 is 2.63 bits per heavy atom. The highest BCUT2D eigenvalue weighted by atomic mass is 79.9. The van der Waals surface area contributed by atoms with Gasteiger partial charge in [-0.25, -0.2) is 4.39 Å². The highest BCUT2D eigenvalue weighted by Gasteiger charge is 2.12. The van der Waals surface area contributed by atoms with Crippen LogP contribution in [0.25, 0.3) is 0 Å². The number of anilines is 1. The molecule has 2 aromatic carbocycles. The van der Waals surface area contributed by atoms with Crippen molar-refractivity contribution >= 4 is 43.3 Å². The predicted molar refractivity (Wildman–Crippen MR) is 80.7 cm³/mol. The van der Waals surface area contributed by atoms with Crippen LogP contribution < -0.4 is 5.73 Å². The van der Waals surface area contributed by atoms with Crippen LogP contribution in [0, 0.1) is 5.82 Å². The molecule has 0 saturated heterocycles. The fraction of sp³-hybridized carbons (Fsp3) is 0.0714. The fourth-order valence-corrected chi connectivity index (χ4v) is 2.44. The molecule has 2 N–H and O–H groups in total. The van der Waals surface area contributed by atoms with Crippen molar-refractivity contribution in [2.45, 2.75) is 6.42 Å². The van der Waals surface area contributed by atoms with E-state index in [-0.39, 0.29) is 18.0 Å². The lowest BCUT2D eigenvalue weighted by Gasteiger charge is -2.06. The van der Waals surface area contributed by atoms with Crippen molar-refractivity contribution in [3.8, 4) is 0 Å². The summed E-state index contributed by atoms with van der Waals surface area (Å²) in [6, 6.07) is 9.65. The molecule has 0 fully saturated rings. The first-order valence-corrected chi connectivity index (χ1v) is 7.08. The Labute approximate surface area is 127 Å². The van der Waals surface area contributed by atoms with Gasteiger partial charge in [-0.15, -0.1) is 0 Å². The van der Waals surface area contributed by atoms with Crippen LogP contribution in [0.3, 0.4) is 0 Å². The minimum absolute atomic E-state index is 0.0907. The van der Waals surface area contributed by atoms with Gasteiger partial charge in [0.15, 0.2) is 5.78 Å². The summed E-state index contributed by atoms with van der Waals surface area (Å²) >= 11 is 6.43. The van der Waals surface area contributed by atoms with Crippen LogP contribution in [0.4, 0.5) is 10.1 Å². The van der Waals surface area contributed by atoms with Crippen molar-refractivity contribution in [1.82, 2.24) is 0 Å². The molecule has 0 bridgehead atoms. The summed E-state index contributed by atoms with van der Waals surface area (Å²) in [5.74, 6) is -0.462. The number of ketones is 1. The number of carbonyl (C=O) groups excluding carboxylic acids is 1. The van der Waals surface area contributed by atoms with Crippen LogP contribution >= 0.6 is 31.9 Å². The van der Waals surface area contributed by atoms with Gasteiger partial charge < -0.3 is 5.73 Å². The van der Waals surface area contributed by atoms with Gasteiger partial charge in [0.2, 0.25) is 0 Å². The maximum atomic E-state index is 13.4. The largest absolute Gasteiger partial charge is 0.398 e. The predicted octanol–water partition coefficient (Wildman–Crippen LogP) is 4.36. The van der Waals surface area contributed by atoms with Crippen molar-refractivity contribution in [3.05, 3.63) is 62.3 Å². The van der Waals surface area contributed by atoms with Crippen molar-refractivity contribution in [1.29, 1.82) is 0 Å². The summed E-state index contributed by atoms with van der Waals surface area (Å²) in [5.41, 5.74) is 7.41. The molecule has 19 heavy (non-hydrogen) atoms. The van der Waals surface area contributed by atoms with Crippen LogP contribution in [0.2, 0.25) is 0 Å². The van der Waals surface area contributed by atoms with Crippen LogP contribution in [-0.2, 0) is 6.42 Å². The molecule has 0 heterocycles. The Morgan fingerprint density at radius 1 is 1.21 bits per heavy atom. The molecule has 98 valence electrons. The molecular formula is C14H10Br2FNO. The molecule has 0 aliphatic carbocycles. The normalized spacial score (nSPS) is 10.5. The molecule has 0 aromatic heterocycles. The van der Waals surface area contributed by atoms with E-state index >= 15 is 0 Å². The average Bonchev–Trinajstić information content (AvgIpc) is 2.38. The lowest BCUT2D eigenvalue weighted by Crippen LogP contribution is -2.05. The summed E-state index contributed by atoms with van der Waals surface area (Å²) < 4.78 is 14.4. The average molecular weight is 387 g/mol. The number of benzene rings is 2. The Morgan fingerprint density at radius 2 is 1.95 bits per heavy atom. The molecule has 0 atom stereocenters. The Hall–Kier alpha value is -1.20. The molecule has 0 aliphatic rings. The number of Topliss-reactive ketones (excluding diaryl/α,β-unsaturated/α-hetero) is 1. The lowest BCUT2D eigenvalue weighted by atomic mass is 10.0. The fourth-order valence-electron chi connectivity index (χ4n) is 1.66. The minimum atomic E-state index is -0.371. The van der Waals surface area contributed by atoms with Gasteiger partial charge >= 0.3 is 0 Å². The van der Waals surface area contributed by atoms with E-state index < -0.39 is 0 Å². The molecule has 0 unspecified atom stereocenters. The molecule has 0 aliphatic heterocycles. The molecule has 2 nitrogen and oxygen atoms in total. The summed E-state index contributed by atoms with van der Waals surface area (Å²) in [4.78, 5) is 12.1. The van der Waals surface area contributed by atoms with Crippen molar-refractivity contribution in [2.24, 2.45) is 0 Å². The molecule has 0 radical (unpaired) electrons. The van der Waals surface area contributed by atoms with E-state index in [0.717, 1.165) is 0 Å². The van der Waals surface area contributed by atoms with E-state index in [1.807, 2.05) is 0 Å². The Balaban J connectivity index is 2.26. The monoisotopic (exact) mass is 385 g/mol. The van der Waals surface area contributed by atoms with Crippen LogP contribution in [0.1, 0.15) is 15.9 Å². The Bertz CT molecular complexity index is 643. The summed E-state index contributed by atoms with van der Waals surface area (Å²) in [6.45, 7) is 0. The first-order chi connectivity index (χ1) is 8.99. The van der Waals surface area contributed by atoms with Crippen LogP contribution in [0.5, 0.6) is 0 Å². The third-order valence-electron chi connectivity index (χ3n) is 2.71. The first-order valence-electron chi connectivity index (χ1n) is 5.50. The van der Waals surface area contributed by atoms with Gasteiger partial charge in [-0.1, -0.05) is 12.1 Å². The maximum Gasteiger partial charge on any atom is 0.167 e. The summed E-state index contributed by atoms with van der Waals surface area (Å²) in [7, 11) is 0.